The predicted molar refractivity (Wildman–Crippen MR) is 64.5 cm³/mol. The highest BCUT2D eigenvalue weighted by atomic mass is 15.3. The zero-order chi connectivity index (χ0) is 11.5. The van der Waals surface area contributed by atoms with Gasteiger partial charge in [-0.25, -0.2) is 14.6 Å². The van der Waals surface area contributed by atoms with Crippen LogP contribution in [0, 0.1) is 0 Å². The first-order valence-electron chi connectivity index (χ1n) is 5.67. The highest BCUT2D eigenvalue weighted by Crippen LogP contribution is 2.23. The van der Waals surface area contributed by atoms with Crippen molar-refractivity contribution in [2.24, 2.45) is 0 Å². The summed E-state index contributed by atoms with van der Waals surface area (Å²) in [6.45, 7) is 4.34. The molecule has 1 N–H and O–H groups in total. The van der Waals surface area contributed by atoms with Gasteiger partial charge in [0.05, 0.1) is 17.6 Å². The highest BCUT2D eigenvalue weighted by Gasteiger charge is 2.13. The Balaban J connectivity index is 2.56. The molecule has 0 aliphatic carbocycles. The van der Waals surface area contributed by atoms with Crippen LogP contribution in [0.4, 0.5) is 5.82 Å². The number of hydrogen-bond donors (Lipinski definition) is 1. The maximum absolute atomic E-state index is 4.42. The van der Waals surface area contributed by atoms with Gasteiger partial charge in [0, 0.05) is 7.05 Å². The summed E-state index contributed by atoms with van der Waals surface area (Å²) in [4.78, 5) is 8.49. The van der Waals surface area contributed by atoms with Crippen molar-refractivity contribution in [2.75, 3.05) is 12.4 Å². The van der Waals surface area contributed by atoms with E-state index in [2.05, 4.69) is 34.2 Å². The van der Waals surface area contributed by atoms with E-state index < -0.39 is 0 Å². The van der Waals surface area contributed by atoms with Gasteiger partial charge in [0.25, 0.3) is 0 Å². The van der Waals surface area contributed by atoms with Gasteiger partial charge < -0.3 is 5.32 Å². The number of nitrogens with one attached hydrogen (secondary N) is 1. The van der Waals surface area contributed by atoms with Crippen LogP contribution < -0.4 is 5.32 Å². The number of anilines is 1. The molecule has 0 aliphatic heterocycles. The minimum atomic E-state index is 0.414. The molecule has 0 bridgehead atoms. The van der Waals surface area contributed by atoms with Crippen molar-refractivity contribution in [1.82, 2.24) is 19.7 Å². The fourth-order valence-electron chi connectivity index (χ4n) is 1.96. The second-order valence-corrected chi connectivity index (χ2v) is 3.77. The molecule has 0 spiro atoms. The van der Waals surface area contributed by atoms with Crippen LogP contribution in [0.15, 0.2) is 12.5 Å². The first-order chi connectivity index (χ1) is 7.81. The maximum Gasteiger partial charge on any atom is 0.163 e. The Bertz CT molecular complexity index is 472. The van der Waals surface area contributed by atoms with Crippen LogP contribution in [-0.2, 0) is 0 Å². The molecule has 16 heavy (non-hydrogen) atoms. The summed E-state index contributed by atoms with van der Waals surface area (Å²) in [5.74, 6) is 0.835. The third kappa shape index (κ3) is 1.62. The highest BCUT2D eigenvalue weighted by molar-refractivity contribution is 5.85. The van der Waals surface area contributed by atoms with Crippen LogP contribution in [0.5, 0.6) is 0 Å². The second-order valence-electron chi connectivity index (χ2n) is 3.77. The number of hydrogen-bond acceptors (Lipinski definition) is 4. The first kappa shape index (κ1) is 10.9. The Morgan fingerprint density at radius 2 is 2.06 bits per heavy atom. The number of nitrogens with zero attached hydrogens (tertiary/aromatic N) is 4. The summed E-state index contributed by atoms with van der Waals surface area (Å²) in [7, 11) is 1.86. The Morgan fingerprint density at radius 3 is 2.69 bits per heavy atom. The van der Waals surface area contributed by atoms with Crippen LogP contribution in [0.1, 0.15) is 32.7 Å². The van der Waals surface area contributed by atoms with Crippen molar-refractivity contribution >= 4 is 16.9 Å². The minimum Gasteiger partial charge on any atom is -0.372 e. The summed E-state index contributed by atoms with van der Waals surface area (Å²) in [5.41, 5.74) is 0.910. The fraction of sp³-hybridized carbons (Fsp3) is 0.545. The lowest BCUT2D eigenvalue weighted by Crippen LogP contribution is -2.09. The normalized spacial score (nSPS) is 11.2. The molecule has 5 heteroatoms. The van der Waals surface area contributed by atoms with Crippen molar-refractivity contribution in [3.8, 4) is 0 Å². The second kappa shape index (κ2) is 4.47. The minimum absolute atomic E-state index is 0.414. The number of rotatable bonds is 4. The SMILES string of the molecule is CCC(CC)n1ncc2c(NC)ncnc21. The molecule has 0 saturated heterocycles. The van der Waals surface area contributed by atoms with Crippen molar-refractivity contribution < 1.29 is 0 Å². The standard InChI is InChI=1S/C11H17N5/c1-4-8(5-2)16-11-9(6-15-16)10(12-3)13-7-14-11/h6-8H,4-5H2,1-3H3,(H,12,13,14). The molecule has 0 aromatic carbocycles. The smallest absolute Gasteiger partial charge is 0.163 e. The van der Waals surface area contributed by atoms with Crippen LogP contribution >= 0.6 is 0 Å². The zero-order valence-electron chi connectivity index (χ0n) is 9.94. The Morgan fingerprint density at radius 1 is 1.31 bits per heavy atom. The van der Waals surface area contributed by atoms with Gasteiger partial charge in [-0.2, -0.15) is 5.10 Å². The summed E-state index contributed by atoms with van der Waals surface area (Å²) in [6.07, 6.45) is 5.53. The number of fused-ring (bicyclic) bond motifs is 1. The maximum atomic E-state index is 4.42. The molecule has 2 aromatic heterocycles. The molecule has 0 saturated carbocycles. The molecule has 0 atom stereocenters. The average molecular weight is 219 g/mol. The van der Waals surface area contributed by atoms with Crippen molar-refractivity contribution in [3.05, 3.63) is 12.5 Å². The Kier molecular flexibility index (Phi) is 3.03. The van der Waals surface area contributed by atoms with Crippen LogP contribution in [-0.4, -0.2) is 26.8 Å². The average Bonchev–Trinajstić information content (AvgIpc) is 2.75. The van der Waals surface area contributed by atoms with Gasteiger partial charge in [-0.15, -0.1) is 0 Å². The molecule has 0 radical (unpaired) electrons. The van der Waals surface area contributed by atoms with E-state index in [-0.39, 0.29) is 0 Å². The van der Waals surface area contributed by atoms with Crippen LogP contribution in [0.3, 0.4) is 0 Å². The molecule has 0 aliphatic rings. The van der Waals surface area contributed by atoms with Gasteiger partial charge in [0.1, 0.15) is 12.1 Å². The largest absolute Gasteiger partial charge is 0.372 e. The van der Waals surface area contributed by atoms with E-state index in [0.717, 1.165) is 29.7 Å². The Labute approximate surface area is 94.9 Å². The van der Waals surface area contributed by atoms with Crippen molar-refractivity contribution in [3.63, 3.8) is 0 Å². The lowest BCUT2D eigenvalue weighted by Gasteiger charge is -2.13. The lowest BCUT2D eigenvalue weighted by atomic mass is 10.2. The molecule has 2 heterocycles. The first-order valence-corrected chi connectivity index (χ1v) is 5.67. The van der Waals surface area contributed by atoms with Gasteiger partial charge in [-0.05, 0) is 12.8 Å². The lowest BCUT2D eigenvalue weighted by molar-refractivity contribution is 0.438. The van der Waals surface area contributed by atoms with E-state index in [0.29, 0.717) is 6.04 Å². The van der Waals surface area contributed by atoms with Gasteiger partial charge in [0.2, 0.25) is 0 Å². The molecule has 0 fully saturated rings. The third-order valence-corrected chi connectivity index (χ3v) is 2.92. The van der Waals surface area contributed by atoms with E-state index >= 15 is 0 Å². The van der Waals surface area contributed by atoms with Crippen LogP contribution in [0.25, 0.3) is 11.0 Å². The summed E-state index contributed by atoms with van der Waals surface area (Å²) in [6, 6.07) is 0.414. The summed E-state index contributed by atoms with van der Waals surface area (Å²) < 4.78 is 2.00. The van der Waals surface area contributed by atoms with E-state index in [1.165, 1.54) is 0 Å². The summed E-state index contributed by atoms with van der Waals surface area (Å²) >= 11 is 0. The fourth-order valence-corrected chi connectivity index (χ4v) is 1.96. The van der Waals surface area contributed by atoms with Gasteiger partial charge in [0.15, 0.2) is 5.65 Å². The molecule has 5 nitrogen and oxygen atoms in total. The Hall–Kier alpha value is -1.65. The molecule has 0 unspecified atom stereocenters. The molecular weight excluding hydrogens is 202 g/mol. The topological polar surface area (TPSA) is 55.6 Å². The molecular formula is C11H17N5. The van der Waals surface area contributed by atoms with Crippen molar-refractivity contribution in [2.45, 2.75) is 32.7 Å². The third-order valence-electron chi connectivity index (χ3n) is 2.92. The predicted octanol–water partition coefficient (Wildman–Crippen LogP) is 2.23. The van der Waals surface area contributed by atoms with Gasteiger partial charge in [-0.1, -0.05) is 13.8 Å². The van der Waals surface area contributed by atoms with E-state index in [9.17, 15) is 0 Å². The molecule has 86 valence electrons. The van der Waals surface area contributed by atoms with E-state index in [1.807, 2.05) is 17.9 Å². The van der Waals surface area contributed by atoms with E-state index in [4.69, 9.17) is 0 Å². The zero-order valence-corrected chi connectivity index (χ0v) is 9.94. The van der Waals surface area contributed by atoms with E-state index in [1.54, 1.807) is 6.33 Å². The molecule has 2 rings (SSSR count). The monoisotopic (exact) mass is 219 g/mol. The quantitative estimate of drug-likeness (QED) is 0.856. The van der Waals surface area contributed by atoms with Gasteiger partial charge >= 0.3 is 0 Å². The number of aromatic nitrogens is 4. The van der Waals surface area contributed by atoms with Gasteiger partial charge in [-0.3, -0.25) is 0 Å². The molecule has 0 amide bonds. The van der Waals surface area contributed by atoms with Crippen molar-refractivity contribution in [1.29, 1.82) is 0 Å². The van der Waals surface area contributed by atoms with Crippen LogP contribution in [0.2, 0.25) is 0 Å². The summed E-state index contributed by atoms with van der Waals surface area (Å²) in [5, 5.41) is 8.46. The molecule has 2 aromatic rings.